The van der Waals surface area contributed by atoms with Crippen molar-refractivity contribution in [2.45, 2.75) is 45.2 Å². The Morgan fingerprint density at radius 3 is 2.25 bits per heavy atom. The van der Waals surface area contributed by atoms with Gasteiger partial charge in [0.15, 0.2) is 0 Å². The van der Waals surface area contributed by atoms with Gasteiger partial charge in [-0.05, 0) is 35.8 Å². The summed E-state index contributed by atoms with van der Waals surface area (Å²) in [5.41, 5.74) is 5.94. The summed E-state index contributed by atoms with van der Waals surface area (Å²) in [6, 6.07) is 5.65. The Hall–Kier alpha value is -1.03. The van der Waals surface area contributed by atoms with Gasteiger partial charge in [0, 0.05) is 12.0 Å². The summed E-state index contributed by atoms with van der Waals surface area (Å²) in [7, 11) is 0. The van der Waals surface area contributed by atoms with E-state index in [0.717, 1.165) is 24.5 Å². The maximum atomic E-state index is 12.8. The molecule has 20 heavy (non-hydrogen) atoms. The molecule has 1 aromatic carbocycles. The minimum absolute atomic E-state index is 0.181. The standard InChI is InChI=1S/C16H22F3N/c1-14(2,3)13-8-15(9-13,10-20)11-5-4-6-12(7-11)16(17,18)19/h4-7,13H,8-10,20H2,1-3H3. The number of alkyl halides is 3. The topological polar surface area (TPSA) is 26.0 Å². The molecule has 0 unspecified atom stereocenters. The molecule has 112 valence electrons. The van der Waals surface area contributed by atoms with Crippen LogP contribution in [-0.2, 0) is 11.6 Å². The van der Waals surface area contributed by atoms with E-state index in [-0.39, 0.29) is 10.8 Å². The fourth-order valence-corrected chi connectivity index (χ4v) is 3.04. The lowest BCUT2D eigenvalue weighted by molar-refractivity contribution is -0.137. The Balaban J connectivity index is 2.27. The van der Waals surface area contributed by atoms with Crippen LogP contribution in [0.1, 0.15) is 44.7 Å². The molecule has 2 N–H and O–H groups in total. The predicted octanol–water partition coefficient (Wildman–Crippen LogP) is 4.36. The van der Waals surface area contributed by atoms with Crippen molar-refractivity contribution in [1.82, 2.24) is 0 Å². The summed E-state index contributed by atoms with van der Waals surface area (Å²) in [6.07, 6.45) is -2.55. The first-order valence-electron chi connectivity index (χ1n) is 6.96. The van der Waals surface area contributed by atoms with Gasteiger partial charge in [0.05, 0.1) is 5.56 Å². The first-order chi connectivity index (χ1) is 9.08. The molecule has 1 aliphatic carbocycles. The predicted molar refractivity (Wildman–Crippen MR) is 74.4 cm³/mol. The molecular formula is C16H22F3N. The van der Waals surface area contributed by atoms with Crippen LogP contribution < -0.4 is 5.73 Å². The van der Waals surface area contributed by atoms with Crippen LogP contribution in [0.15, 0.2) is 24.3 Å². The lowest BCUT2D eigenvalue weighted by atomic mass is 9.52. The Morgan fingerprint density at radius 2 is 1.80 bits per heavy atom. The van der Waals surface area contributed by atoms with Gasteiger partial charge in [-0.2, -0.15) is 13.2 Å². The lowest BCUT2D eigenvalue weighted by Crippen LogP contribution is -2.50. The zero-order valence-electron chi connectivity index (χ0n) is 12.2. The van der Waals surface area contributed by atoms with Crippen LogP contribution in [0.4, 0.5) is 13.2 Å². The molecule has 2 rings (SSSR count). The van der Waals surface area contributed by atoms with Crippen molar-refractivity contribution in [1.29, 1.82) is 0 Å². The van der Waals surface area contributed by atoms with Gasteiger partial charge < -0.3 is 5.73 Å². The average Bonchev–Trinajstić information content (AvgIpc) is 2.26. The van der Waals surface area contributed by atoms with Crippen LogP contribution >= 0.6 is 0 Å². The molecule has 0 heterocycles. The number of nitrogens with two attached hydrogens (primary N) is 1. The van der Waals surface area contributed by atoms with Gasteiger partial charge in [-0.3, -0.25) is 0 Å². The molecule has 1 aromatic rings. The summed E-state index contributed by atoms with van der Waals surface area (Å²) >= 11 is 0. The molecular weight excluding hydrogens is 263 g/mol. The SMILES string of the molecule is CC(C)(C)C1CC(CN)(c2cccc(C(F)(F)F)c2)C1. The molecule has 0 bridgehead atoms. The molecule has 4 heteroatoms. The number of benzene rings is 1. The monoisotopic (exact) mass is 285 g/mol. The van der Waals surface area contributed by atoms with Gasteiger partial charge in [0.25, 0.3) is 0 Å². The molecule has 1 saturated carbocycles. The van der Waals surface area contributed by atoms with Crippen molar-refractivity contribution in [3.8, 4) is 0 Å². The van der Waals surface area contributed by atoms with Gasteiger partial charge in [0.2, 0.25) is 0 Å². The first kappa shape index (κ1) is 15.4. The number of rotatable bonds is 2. The van der Waals surface area contributed by atoms with Crippen LogP contribution in [0.2, 0.25) is 0 Å². The minimum Gasteiger partial charge on any atom is -0.330 e. The third-order valence-electron chi connectivity index (χ3n) is 4.69. The third kappa shape index (κ3) is 2.71. The van der Waals surface area contributed by atoms with E-state index in [1.807, 2.05) is 0 Å². The van der Waals surface area contributed by atoms with Crippen molar-refractivity contribution in [3.63, 3.8) is 0 Å². The van der Waals surface area contributed by atoms with Crippen LogP contribution in [0, 0.1) is 11.3 Å². The Kier molecular flexibility index (Phi) is 3.66. The maximum Gasteiger partial charge on any atom is 0.416 e. The fraction of sp³-hybridized carbons (Fsp3) is 0.625. The van der Waals surface area contributed by atoms with Crippen LogP contribution in [-0.4, -0.2) is 6.54 Å². The number of halogens is 3. The van der Waals surface area contributed by atoms with Gasteiger partial charge in [-0.15, -0.1) is 0 Å². The third-order valence-corrected chi connectivity index (χ3v) is 4.69. The molecule has 0 saturated heterocycles. The second-order valence-corrected chi connectivity index (χ2v) is 7.03. The van der Waals surface area contributed by atoms with Gasteiger partial charge in [0.1, 0.15) is 0 Å². The highest BCUT2D eigenvalue weighted by molar-refractivity contribution is 5.34. The highest BCUT2D eigenvalue weighted by atomic mass is 19.4. The van der Waals surface area contributed by atoms with Crippen molar-refractivity contribution in [2.75, 3.05) is 6.54 Å². The fourth-order valence-electron chi connectivity index (χ4n) is 3.04. The highest BCUT2D eigenvalue weighted by Crippen LogP contribution is 2.54. The maximum absolute atomic E-state index is 12.8. The number of hydrogen-bond acceptors (Lipinski definition) is 1. The van der Waals surface area contributed by atoms with E-state index in [1.54, 1.807) is 6.07 Å². The first-order valence-corrected chi connectivity index (χ1v) is 6.96. The van der Waals surface area contributed by atoms with E-state index in [4.69, 9.17) is 5.73 Å². The Bertz CT molecular complexity index is 479. The van der Waals surface area contributed by atoms with Gasteiger partial charge in [-0.25, -0.2) is 0 Å². The smallest absolute Gasteiger partial charge is 0.330 e. The van der Waals surface area contributed by atoms with Crippen molar-refractivity contribution >= 4 is 0 Å². The molecule has 1 fully saturated rings. The molecule has 0 amide bonds. The van der Waals surface area contributed by atoms with E-state index in [2.05, 4.69) is 20.8 Å². The quantitative estimate of drug-likeness (QED) is 0.858. The number of hydrogen-bond donors (Lipinski definition) is 1. The summed E-state index contributed by atoms with van der Waals surface area (Å²) in [4.78, 5) is 0. The summed E-state index contributed by atoms with van der Waals surface area (Å²) in [6.45, 7) is 6.92. The minimum atomic E-state index is -4.29. The molecule has 0 atom stereocenters. The molecule has 0 spiro atoms. The highest BCUT2D eigenvalue weighted by Gasteiger charge is 2.49. The van der Waals surface area contributed by atoms with E-state index >= 15 is 0 Å². The van der Waals surface area contributed by atoms with Crippen LogP contribution in [0.3, 0.4) is 0 Å². The second-order valence-electron chi connectivity index (χ2n) is 7.03. The summed E-state index contributed by atoms with van der Waals surface area (Å²) in [5.74, 6) is 0.514. The second kappa shape index (κ2) is 4.76. The molecule has 0 radical (unpaired) electrons. The zero-order valence-corrected chi connectivity index (χ0v) is 12.2. The summed E-state index contributed by atoms with van der Waals surface area (Å²) in [5, 5.41) is 0. The van der Waals surface area contributed by atoms with Crippen LogP contribution in [0.5, 0.6) is 0 Å². The van der Waals surface area contributed by atoms with Gasteiger partial charge >= 0.3 is 6.18 Å². The van der Waals surface area contributed by atoms with Crippen molar-refractivity contribution in [3.05, 3.63) is 35.4 Å². The molecule has 1 nitrogen and oxygen atoms in total. The van der Waals surface area contributed by atoms with E-state index in [9.17, 15) is 13.2 Å². The Morgan fingerprint density at radius 1 is 1.20 bits per heavy atom. The van der Waals surface area contributed by atoms with Crippen LogP contribution in [0.25, 0.3) is 0 Å². The molecule has 0 aliphatic heterocycles. The molecule has 1 aliphatic rings. The lowest BCUT2D eigenvalue weighted by Gasteiger charge is -2.53. The average molecular weight is 285 g/mol. The van der Waals surface area contributed by atoms with E-state index < -0.39 is 11.7 Å². The van der Waals surface area contributed by atoms with Crippen molar-refractivity contribution in [2.24, 2.45) is 17.1 Å². The van der Waals surface area contributed by atoms with E-state index in [1.165, 1.54) is 12.1 Å². The normalized spacial score (nSPS) is 27.2. The van der Waals surface area contributed by atoms with Crippen molar-refractivity contribution < 1.29 is 13.2 Å². The summed E-state index contributed by atoms with van der Waals surface area (Å²) < 4.78 is 38.4. The largest absolute Gasteiger partial charge is 0.416 e. The molecule has 0 aromatic heterocycles. The van der Waals surface area contributed by atoms with E-state index in [0.29, 0.717) is 12.5 Å². The zero-order chi connectivity index (χ0) is 15.2. The Labute approximate surface area is 118 Å². The van der Waals surface area contributed by atoms with Gasteiger partial charge in [-0.1, -0.05) is 39.0 Å².